The van der Waals surface area contributed by atoms with Gasteiger partial charge in [-0.3, -0.25) is 24.6 Å². The van der Waals surface area contributed by atoms with E-state index in [4.69, 9.17) is 5.73 Å². The molecule has 10 nitrogen and oxygen atoms in total. The minimum absolute atomic E-state index is 0.0274. The Balaban J connectivity index is 1.45. The largest absolute Gasteiger partial charge is 0.338 e. The first kappa shape index (κ1) is 20.9. The molecule has 0 unspecified atom stereocenters. The van der Waals surface area contributed by atoms with Crippen LogP contribution in [0.2, 0.25) is 0 Å². The Kier molecular flexibility index (Phi) is 6.38. The molecule has 156 valence electrons. The average molecular weight is 411 g/mol. The van der Waals surface area contributed by atoms with Gasteiger partial charge >= 0.3 is 6.03 Å². The number of fused-ring (bicyclic) bond motifs is 1. The number of imide groups is 1. The smallest absolute Gasteiger partial charge is 0.315 e. The first-order chi connectivity index (χ1) is 14.4. The predicted octanol–water partition coefficient (Wildman–Crippen LogP) is 1.54. The number of hydrogen-bond donors (Lipinski definition) is 3. The fourth-order valence-electron chi connectivity index (χ4n) is 3.15. The van der Waals surface area contributed by atoms with Crippen LogP contribution in [0.25, 0.3) is 0 Å². The molecule has 4 amide bonds. The highest BCUT2D eigenvalue weighted by Crippen LogP contribution is 2.26. The molecule has 0 atom stereocenters. The molecule has 2 aromatic rings. The monoisotopic (exact) mass is 411 g/mol. The van der Waals surface area contributed by atoms with Crippen LogP contribution in [0.4, 0.5) is 10.5 Å². The van der Waals surface area contributed by atoms with Crippen LogP contribution >= 0.6 is 0 Å². The van der Waals surface area contributed by atoms with E-state index in [1.165, 1.54) is 12.1 Å². The van der Waals surface area contributed by atoms with Crippen molar-refractivity contribution in [3.05, 3.63) is 74.8 Å². The summed E-state index contributed by atoms with van der Waals surface area (Å²) in [4.78, 5) is 48.0. The van der Waals surface area contributed by atoms with Crippen LogP contribution in [0.5, 0.6) is 0 Å². The molecular weight excluding hydrogens is 390 g/mol. The van der Waals surface area contributed by atoms with E-state index in [-0.39, 0.29) is 35.9 Å². The van der Waals surface area contributed by atoms with Crippen molar-refractivity contribution in [2.24, 2.45) is 5.73 Å². The number of amides is 4. The summed E-state index contributed by atoms with van der Waals surface area (Å²) in [6.07, 6.45) is 0.351. The molecule has 0 saturated heterocycles. The van der Waals surface area contributed by atoms with E-state index in [9.17, 15) is 24.5 Å². The minimum atomic E-state index is -0.616. The third kappa shape index (κ3) is 4.61. The maximum atomic E-state index is 12.4. The van der Waals surface area contributed by atoms with Crippen molar-refractivity contribution in [2.45, 2.75) is 19.5 Å². The molecule has 0 aromatic heterocycles. The summed E-state index contributed by atoms with van der Waals surface area (Å²) in [7, 11) is 0. The van der Waals surface area contributed by atoms with E-state index in [1.54, 1.807) is 0 Å². The van der Waals surface area contributed by atoms with E-state index < -0.39 is 16.7 Å². The van der Waals surface area contributed by atoms with Crippen molar-refractivity contribution < 1.29 is 19.3 Å². The normalized spacial score (nSPS) is 12.6. The van der Waals surface area contributed by atoms with Crippen molar-refractivity contribution >= 4 is 23.5 Å². The molecule has 0 aliphatic carbocycles. The Morgan fingerprint density at radius 3 is 2.50 bits per heavy atom. The van der Waals surface area contributed by atoms with Gasteiger partial charge in [0.2, 0.25) is 0 Å². The van der Waals surface area contributed by atoms with Crippen molar-refractivity contribution in [3.63, 3.8) is 0 Å². The van der Waals surface area contributed by atoms with Crippen molar-refractivity contribution in [2.75, 3.05) is 13.1 Å². The number of rotatable bonds is 8. The molecule has 2 aromatic carbocycles. The van der Waals surface area contributed by atoms with Crippen LogP contribution in [0.1, 0.15) is 38.3 Å². The molecule has 0 bridgehead atoms. The van der Waals surface area contributed by atoms with Gasteiger partial charge in [-0.1, -0.05) is 24.3 Å². The first-order valence-electron chi connectivity index (χ1n) is 9.35. The second-order valence-corrected chi connectivity index (χ2v) is 6.74. The lowest BCUT2D eigenvalue weighted by Gasteiger charge is -2.14. The molecule has 1 heterocycles. The first-order valence-corrected chi connectivity index (χ1v) is 9.35. The summed E-state index contributed by atoms with van der Waals surface area (Å²) in [6, 6.07) is 10.8. The number of nitrogens with two attached hydrogens (primary N) is 1. The number of non-ortho nitro benzene ring substituents is 1. The number of nitrogens with one attached hydrogen (secondary N) is 2. The van der Waals surface area contributed by atoms with Crippen molar-refractivity contribution in [1.82, 2.24) is 15.5 Å². The second-order valence-electron chi connectivity index (χ2n) is 6.74. The molecule has 0 spiro atoms. The number of benzene rings is 2. The summed E-state index contributed by atoms with van der Waals surface area (Å²) in [5.41, 5.74) is 7.42. The Hall–Kier alpha value is -3.79. The molecular formula is C20H21N5O5. The number of carbonyl (C=O) groups is 3. The molecule has 30 heavy (non-hydrogen) atoms. The van der Waals surface area contributed by atoms with Crippen LogP contribution in [-0.4, -0.2) is 40.8 Å². The number of nitro groups is 1. The highest BCUT2D eigenvalue weighted by atomic mass is 16.6. The van der Waals surface area contributed by atoms with E-state index in [0.717, 1.165) is 22.1 Å². The Bertz CT molecular complexity index is 1010. The number of hydrogen-bond acceptors (Lipinski definition) is 6. The van der Waals surface area contributed by atoms with Gasteiger partial charge in [-0.05, 0) is 23.6 Å². The highest BCUT2D eigenvalue weighted by Gasteiger charge is 2.36. The molecule has 3 rings (SSSR count). The molecule has 10 heteroatoms. The zero-order valence-corrected chi connectivity index (χ0v) is 16.1. The van der Waals surface area contributed by atoms with E-state index in [1.807, 2.05) is 24.3 Å². The molecule has 1 aliphatic heterocycles. The second kappa shape index (κ2) is 9.14. The van der Waals surface area contributed by atoms with Gasteiger partial charge in [0.05, 0.1) is 16.1 Å². The van der Waals surface area contributed by atoms with Crippen molar-refractivity contribution in [1.29, 1.82) is 0 Å². The van der Waals surface area contributed by atoms with Gasteiger partial charge in [0.1, 0.15) is 0 Å². The molecule has 0 radical (unpaired) electrons. The number of carbonyl (C=O) groups excluding carboxylic acids is 3. The van der Waals surface area contributed by atoms with Crippen LogP contribution in [-0.2, 0) is 13.1 Å². The number of nitro benzene ring substituents is 1. The maximum absolute atomic E-state index is 12.4. The fraction of sp³-hybridized carbons (Fsp3) is 0.250. The zero-order chi connectivity index (χ0) is 21.7. The summed E-state index contributed by atoms with van der Waals surface area (Å²) in [5, 5.41) is 16.3. The fourth-order valence-corrected chi connectivity index (χ4v) is 3.15. The van der Waals surface area contributed by atoms with Gasteiger partial charge in [-0.25, -0.2) is 4.79 Å². The quantitative estimate of drug-likeness (QED) is 0.260. The van der Waals surface area contributed by atoms with Gasteiger partial charge in [0, 0.05) is 38.3 Å². The summed E-state index contributed by atoms with van der Waals surface area (Å²) >= 11 is 0. The van der Waals surface area contributed by atoms with E-state index in [2.05, 4.69) is 10.6 Å². The molecule has 4 N–H and O–H groups in total. The standard InChI is InChI=1S/C20H21N5O5/c21-11-13-3-1-4-14(9-13)12-23-20(28)22-7-2-8-24-18(26)16-6-5-15(25(29)30)10-17(16)19(24)27/h1,3-6,9-10H,2,7-8,11-12,21H2,(H2,22,23,28). The van der Waals surface area contributed by atoms with Crippen LogP contribution in [0.3, 0.4) is 0 Å². The third-order valence-corrected chi connectivity index (χ3v) is 4.69. The van der Waals surface area contributed by atoms with Gasteiger partial charge in [-0.15, -0.1) is 0 Å². The van der Waals surface area contributed by atoms with Gasteiger partial charge in [-0.2, -0.15) is 0 Å². The lowest BCUT2D eigenvalue weighted by molar-refractivity contribution is -0.384. The highest BCUT2D eigenvalue weighted by molar-refractivity contribution is 6.21. The summed E-state index contributed by atoms with van der Waals surface area (Å²) in [5.74, 6) is -1.06. The van der Waals surface area contributed by atoms with E-state index >= 15 is 0 Å². The summed E-state index contributed by atoms with van der Waals surface area (Å²) < 4.78 is 0. The number of urea groups is 1. The van der Waals surface area contributed by atoms with Crippen LogP contribution in [0, 0.1) is 10.1 Å². The minimum Gasteiger partial charge on any atom is -0.338 e. The molecule has 0 fully saturated rings. The topological polar surface area (TPSA) is 148 Å². The summed E-state index contributed by atoms with van der Waals surface area (Å²) in [6.45, 7) is 1.11. The van der Waals surface area contributed by atoms with Crippen LogP contribution in [0.15, 0.2) is 42.5 Å². The Labute approximate surface area is 172 Å². The van der Waals surface area contributed by atoms with Crippen LogP contribution < -0.4 is 16.4 Å². The van der Waals surface area contributed by atoms with Gasteiger partial charge in [0.15, 0.2) is 0 Å². The Morgan fingerprint density at radius 1 is 1.03 bits per heavy atom. The average Bonchev–Trinajstić information content (AvgIpc) is 2.99. The van der Waals surface area contributed by atoms with Gasteiger partial charge < -0.3 is 16.4 Å². The van der Waals surface area contributed by atoms with Gasteiger partial charge in [0.25, 0.3) is 17.5 Å². The third-order valence-electron chi connectivity index (χ3n) is 4.69. The molecule has 0 saturated carbocycles. The van der Waals surface area contributed by atoms with E-state index in [0.29, 0.717) is 19.5 Å². The number of nitrogens with zero attached hydrogens (tertiary/aromatic N) is 2. The maximum Gasteiger partial charge on any atom is 0.315 e. The van der Waals surface area contributed by atoms with Crippen molar-refractivity contribution in [3.8, 4) is 0 Å². The lowest BCUT2D eigenvalue weighted by atomic mass is 10.1. The Morgan fingerprint density at radius 2 is 1.77 bits per heavy atom. The lowest BCUT2D eigenvalue weighted by Crippen LogP contribution is -2.37. The molecule has 1 aliphatic rings. The zero-order valence-electron chi connectivity index (χ0n) is 16.1. The SMILES string of the molecule is NCc1cccc(CNC(=O)NCCCN2C(=O)c3ccc([N+](=O)[O-])cc3C2=O)c1. The predicted molar refractivity (Wildman–Crippen MR) is 108 cm³/mol.